The standard InChI is InChI=1S/C21H16BrN3O3S/c1-13-23-24-21(28-13)29-19(20(26)27)10-15-12-25(18-5-3-2-4-17(15)18)11-14-6-8-16(22)9-7-14/h2-10,12H,11H2,1H3,(H,26,27)/b19-10-. The molecule has 0 spiro atoms. The van der Waals surface area contributed by atoms with Crippen LogP contribution in [-0.2, 0) is 11.3 Å². The molecule has 0 bridgehead atoms. The topological polar surface area (TPSA) is 81.2 Å². The highest BCUT2D eigenvalue weighted by atomic mass is 79.9. The second-order valence-corrected chi connectivity index (χ2v) is 8.27. The van der Waals surface area contributed by atoms with Gasteiger partial charge >= 0.3 is 5.97 Å². The molecule has 4 aromatic rings. The molecule has 146 valence electrons. The van der Waals surface area contributed by atoms with Crippen molar-refractivity contribution in [3.8, 4) is 0 Å². The van der Waals surface area contributed by atoms with Gasteiger partial charge in [0.05, 0.1) is 0 Å². The fraction of sp³-hybridized carbons (Fsp3) is 0.0952. The van der Waals surface area contributed by atoms with E-state index in [2.05, 4.69) is 42.8 Å². The molecule has 0 fully saturated rings. The number of nitrogens with zero attached hydrogens (tertiary/aromatic N) is 3. The number of hydrogen-bond donors (Lipinski definition) is 1. The first-order valence-electron chi connectivity index (χ1n) is 8.75. The van der Waals surface area contributed by atoms with Gasteiger partial charge in [0.1, 0.15) is 4.91 Å². The van der Waals surface area contributed by atoms with Gasteiger partial charge in [-0.25, -0.2) is 4.79 Å². The van der Waals surface area contributed by atoms with E-state index < -0.39 is 5.97 Å². The van der Waals surface area contributed by atoms with Crippen LogP contribution in [0.25, 0.3) is 17.0 Å². The highest BCUT2D eigenvalue weighted by molar-refractivity contribution is 9.10. The van der Waals surface area contributed by atoms with E-state index in [4.69, 9.17) is 4.42 Å². The molecule has 0 saturated carbocycles. The first-order valence-corrected chi connectivity index (χ1v) is 10.4. The Morgan fingerprint density at radius 3 is 2.66 bits per heavy atom. The first kappa shape index (κ1) is 19.5. The Bertz CT molecular complexity index is 1210. The molecule has 0 unspecified atom stereocenters. The third-order valence-electron chi connectivity index (χ3n) is 4.29. The lowest BCUT2D eigenvalue weighted by Crippen LogP contribution is -1.98. The smallest absolute Gasteiger partial charge is 0.342 e. The van der Waals surface area contributed by atoms with Crippen molar-refractivity contribution in [3.05, 3.63) is 81.1 Å². The minimum absolute atomic E-state index is 0.111. The quantitative estimate of drug-likeness (QED) is 0.302. The van der Waals surface area contributed by atoms with Crippen LogP contribution in [0.1, 0.15) is 17.0 Å². The van der Waals surface area contributed by atoms with E-state index in [1.807, 2.05) is 42.6 Å². The maximum absolute atomic E-state index is 11.8. The molecule has 0 atom stereocenters. The number of hydrogen-bond acceptors (Lipinski definition) is 5. The number of carboxylic acids is 1. The summed E-state index contributed by atoms with van der Waals surface area (Å²) in [4.78, 5) is 11.9. The van der Waals surface area contributed by atoms with Crippen LogP contribution >= 0.6 is 27.7 Å². The van der Waals surface area contributed by atoms with E-state index in [1.54, 1.807) is 13.0 Å². The number of benzene rings is 2. The lowest BCUT2D eigenvalue weighted by molar-refractivity contribution is -0.131. The second-order valence-electron chi connectivity index (χ2n) is 6.36. The zero-order valence-electron chi connectivity index (χ0n) is 15.4. The van der Waals surface area contributed by atoms with Crippen molar-refractivity contribution < 1.29 is 14.3 Å². The number of fused-ring (bicyclic) bond motifs is 1. The van der Waals surface area contributed by atoms with Gasteiger partial charge in [-0.2, -0.15) is 0 Å². The molecule has 2 aromatic heterocycles. The van der Waals surface area contributed by atoms with Crippen LogP contribution in [0.2, 0.25) is 0 Å². The maximum atomic E-state index is 11.8. The Morgan fingerprint density at radius 2 is 1.97 bits per heavy atom. The number of carboxylic acid groups (broad SMARTS) is 1. The minimum Gasteiger partial charge on any atom is -0.477 e. The van der Waals surface area contributed by atoms with E-state index in [0.29, 0.717) is 12.4 Å². The van der Waals surface area contributed by atoms with Gasteiger partial charge in [0.15, 0.2) is 0 Å². The minimum atomic E-state index is -1.05. The van der Waals surface area contributed by atoms with Crippen molar-refractivity contribution in [3.63, 3.8) is 0 Å². The zero-order valence-corrected chi connectivity index (χ0v) is 17.8. The zero-order chi connectivity index (χ0) is 20.4. The number of carbonyl (C=O) groups is 1. The molecule has 1 N–H and O–H groups in total. The largest absolute Gasteiger partial charge is 0.477 e. The highest BCUT2D eigenvalue weighted by Crippen LogP contribution is 2.31. The average molecular weight is 470 g/mol. The number of halogens is 1. The van der Waals surface area contributed by atoms with Crippen LogP contribution in [0, 0.1) is 6.92 Å². The van der Waals surface area contributed by atoms with Gasteiger partial charge in [0.25, 0.3) is 5.22 Å². The van der Waals surface area contributed by atoms with Crippen LogP contribution in [0.3, 0.4) is 0 Å². The second kappa shape index (κ2) is 8.26. The number of rotatable bonds is 6. The molecule has 29 heavy (non-hydrogen) atoms. The van der Waals surface area contributed by atoms with Crippen molar-refractivity contribution in [2.45, 2.75) is 18.7 Å². The molecule has 4 rings (SSSR count). The molecule has 0 radical (unpaired) electrons. The van der Waals surface area contributed by atoms with Gasteiger partial charge in [0.2, 0.25) is 5.89 Å². The number of para-hydroxylation sites is 1. The van der Waals surface area contributed by atoms with Gasteiger partial charge < -0.3 is 14.1 Å². The predicted molar refractivity (Wildman–Crippen MR) is 116 cm³/mol. The third kappa shape index (κ3) is 4.44. The summed E-state index contributed by atoms with van der Waals surface area (Å²) in [5.74, 6) is -0.654. The van der Waals surface area contributed by atoms with E-state index in [0.717, 1.165) is 38.3 Å². The molecule has 2 heterocycles. The van der Waals surface area contributed by atoms with E-state index >= 15 is 0 Å². The Kier molecular flexibility index (Phi) is 5.55. The molecule has 6 nitrogen and oxygen atoms in total. The molecule has 0 aliphatic rings. The van der Waals surface area contributed by atoms with Crippen LogP contribution in [0.4, 0.5) is 0 Å². The van der Waals surface area contributed by atoms with Gasteiger partial charge in [0, 0.05) is 40.6 Å². The van der Waals surface area contributed by atoms with Gasteiger partial charge in [-0.1, -0.05) is 46.3 Å². The maximum Gasteiger partial charge on any atom is 0.342 e. The van der Waals surface area contributed by atoms with Crippen LogP contribution in [-0.4, -0.2) is 25.8 Å². The summed E-state index contributed by atoms with van der Waals surface area (Å²) in [6.07, 6.45) is 3.61. The number of thioether (sulfide) groups is 1. The van der Waals surface area contributed by atoms with Crippen molar-refractivity contribution in [2.75, 3.05) is 0 Å². The Hall–Kier alpha value is -2.84. The monoisotopic (exact) mass is 469 g/mol. The molecular formula is C21H16BrN3O3S. The number of aromatic nitrogens is 3. The highest BCUT2D eigenvalue weighted by Gasteiger charge is 2.16. The van der Waals surface area contributed by atoms with E-state index in [9.17, 15) is 9.90 Å². The fourth-order valence-corrected chi connectivity index (χ4v) is 3.97. The molecule has 0 saturated heterocycles. The molecular weight excluding hydrogens is 454 g/mol. The average Bonchev–Trinajstić information content (AvgIpc) is 3.27. The van der Waals surface area contributed by atoms with Crippen molar-refractivity contribution in [2.24, 2.45) is 0 Å². The molecule has 8 heteroatoms. The summed E-state index contributed by atoms with van der Waals surface area (Å²) in [5, 5.41) is 18.5. The van der Waals surface area contributed by atoms with Crippen LogP contribution in [0.5, 0.6) is 0 Å². The third-order valence-corrected chi connectivity index (χ3v) is 5.67. The molecule has 2 aromatic carbocycles. The SMILES string of the molecule is Cc1nnc(S/C(=C\c2cn(Cc3ccc(Br)cc3)c3ccccc23)C(=O)O)o1. The summed E-state index contributed by atoms with van der Waals surface area (Å²) in [7, 11) is 0. The van der Waals surface area contributed by atoms with Crippen molar-refractivity contribution in [1.29, 1.82) is 0 Å². The van der Waals surface area contributed by atoms with Crippen molar-refractivity contribution in [1.82, 2.24) is 14.8 Å². The van der Waals surface area contributed by atoms with E-state index in [-0.39, 0.29) is 10.1 Å². The summed E-state index contributed by atoms with van der Waals surface area (Å²) < 4.78 is 8.46. The molecule has 0 amide bonds. The summed E-state index contributed by atoms with van der Waals surface area (Å²) in [6, 6.07) is 16.1. The van der Waals surface area contributed by atoms with E-state index in [1.165, 1.54) is 0 Å². The Labute approximate surface area is 179 Å². The lowest BCUT2D eigenvalue weighted by Gasteiger charge is -2.05. The Balaban J connectivity index is 1.73. The number of aliphatic carboxylic acids is 1. The van der Waals surface area contributed by atoms with Gasteiger partial charge in [-0.05, 0) is 41.6 Å². The molecule has 0 aliphatic heterocycles. The van der Waals surface area contributed by atoms with Crippen LogP contribution < -0.4 is 0 Å². The summed E-state index contributed by atoms with van der Waals surface area (Å²) in [6.45, 7) is 2.34. The van der Waals surface area contributed by atoms with Gasteiger partial charge in [-0.15, -0.1) is 10.2 Å². The summed E-state index contributed by atoms with van der Waals surface area (Å²) >= 11 is 4.40. The lowest BCUT2D eigenvalue weighted by atomic mass is 10.1. The first-order chi connectivity index (χ1) is 14.0. The molecule has 0 aliphatic carbocycles. The fourth-order valence-electron chi connectivity index (χ4n) is 3.00. The van der Waals surface area contributed by atoms with Crippen molar-refractivity contribution >= 4 is 50.6 Å². The Morgan fingerprint density at radius 1 is 1.21 bits per heavy atom. The normalized spacial score (nSPS) is 11.9. The predicted octanol–water partition coefficient (Wildman–Crippen LogP) is 5.36. The van der Waals surface area contributed by atoms with Crippen LogP contribution in [0.15, 0.2) is 73.7 Å². The number of aryl methyl sites for hydroxylation is 1. The van der Waals surface area contributed by atoms with Gasteiger partial charge in [-0.3, -0.25) is 0 Å². The summed E-state index contributed by atoms with van der Waals surface area (Å²) in [5.41, 5.74) is 3.00.